The van der Waals surface area contributed by atoms with Gasteiger partial charge in [0.05, 0.1) is 0 Å². The van der Waals surface area contributed by atoms with Crippen LogP contribution in [0.2, 0.25) is 0 Å². The predicted molar refractivity (Wildman–Crippen MR) is 73.9 cm³/mol. The van der Waals surface area contributed by atoms with Crippen molar-refractivity contribution >= 4 is 0 Å². The average Bonchev–Trinajstić information content (AvgIpc) is 2.32. The van der Waals surface area contributed by atoms with Gasteiger partial charge in [0.2, 0.25) is 0 Å². The van der Waals surface area contributed by atoms with Crippen molar-refractivity contribution in [2.45, 2.75) is 26.2 Å². The van der Waals surface area contributed by atoms with E-state index in [1.54, 1.807) is 12.1 Å². The fourth-order valence-corrected chi connectivity index (χ4v) is 1.87. The lowest BCUT2D eigenvalue weighted by atomic mass is 9.86. The van der Waals surface area contributed by atoms with E-state index in [-0.39, 0.29) is 16.9 Å². The Morgan fingerprint density at radius 1 is 0.722 bits per heavy atom. The van der Waals surface area contributed by atoms with Crippen molar-refractivity contribution in [1.82, 2.24) is 0 Å². The number of benzene rings is 2. The number of hydrogen-bond acceptors (Lipinski definition) is 2. The topological polar surface area (TPSA) is 40.5 Å². The SMILES string of the molecule is CC(C)(C)c1ccc(-c2ccc(O)c(O)c2)cc1. The summed E-state index contributed by atoms with van der Waals surface area (Å²) in [4.78, 5) is 0. The second-order valence-corrected chi connectivity index (χ2v) is 5.53. The average molecular weight is 242 g/mol. The van der Waals surface area contributed by atoms with E-state index in [9.17, 15) is 10.2 Å². The second-order valence-electron chi connectivity index (χ2n) is 5.53. The summed E-state index contributed by atoms with van der Waals surface area (Å²) in [5, 5.41) is 18.8. The van der Waals surface area contributed by atoms with Gasteiger partial charge in [-0.3, -0.25) is 0 Å². The van der Waals surface area contributed by atoms with Crippen molar-refractivity contribution in [3.8, 4) is 22.6 Å². The second kappa shape index (κ2) is 4.37. The number of phenolic OH excluding ortho intramolecular Hbond substituents is 2. The van der Waals surface area contributed by atoms with Crippen LogP contribution in [0.25, 0.3) is 11.1 Å². The van der Waals surface area contributed by atoms with Crippen molar-refractivity contribution in [2.24, 2.45) is 0 Å². The molecule has 2 nitrogen and oxygen atoms in total. The van der Waals surface area contributed by atoms with Gasteiger partial charge in [-0.2, -0.15) is 0 Å². The number of hydrogen-bond donors (Lipinski definition) is 2. The molecule has 2 N–H and O–H groups in total. The minimum atomic E-state index is -0.0925. The zero-order valence-corrected chi connectivity index (χ0v) is 10.9. The molecule has 0 saturated heterocycles. The molecule has 0 bridgehead atoms. The largest absolute Gasteiger partial charge is 0.504 e. The summed E-state index contributed by atoms with van der Waals surface area (Å²) < 4.78 is 0. The van der Waals surface area contributed by atoms with Gasteiger partial charge in [0.25, 0.3) is 0 Å². The standard InChI is InChI=1S/C16H18O2/c1-16(2,3)13-7-4-11(5-8-13)12-6-9-14(17)15(18)10-12/h4-10,17-18H,1-3H3. The Kier molecular flexibility index (Phi) is 3.04. The van der Waals surface area contributed by atoms with Crippen LogP contribution < -0.4 is 0 Å². The summed E-state index contributed by atoms with van der Waals surface area (Å²) in [5.74, 6) is -0.183. The minimum Gasteiger partial charge on any atom is -0.504 e. The lowest BCUT2D eigenvalue weighted by Gasteiger charge is -2.19. The molecule has 2 aromatic carbocycles. The van der Waals surface area contributed by atoms with Gasteiger partial charge in [-0.1, -0.05) is 51.1 Å². The fraction of sp³-hybridized carbons (Fsp3) is 0.250. The third-order valence-corrected chi connectivity index (χ3v) is 3.06. The maximum Gasteiger partial charge on any atom is 0.158 e. The molecule has 2 aromatic rings. The van der Waals surface area contributed by atoms with E-state index >= 15 is 0 Å². The Hall–Kier alpha value is -1.96. The van der Waals surface area contributed by atoms with Crippen LogP contribution in [-0.4, -0.2) is 10.2 Å². The van der Waals surface area contributed by atoms with Gasteiger partial charge in [0.1, 0.15) is 0 Å². The molecular formula is C16H18O2. The molecule has 18 heavy (non-hydrogen) atoms. The summed E-state index contributed by atoms with van der Waals surface area (Å²) >= 11 is 0. The monoisotopic (exact) mass is 242 g/mol. The molecule has 0 aliphatic heterocycles. The molecule has 0 fully saturated rings. The van der Waals surface area contributed by atoms with Crippen LogP contribution in [0, 0.1) is 0 Å². The summed E-state index contributed by atoms with van der Waals surface area (Å²) in [6.07, 6.45) is 0. The van der Waals surface area contributed by atoms with Crippen LogP contribution in [0.3, 0.4) is 0 Å². The predicted octanol–water partition coefficient (Wildman–Crippen LogP) is 4.06. The Balaban J connectivity index is 2.37. The first-order valence-electron chi connectivity index (χ1n) is 6.01. The first-order chi connectivity index (χ1) is 8.38. The van der Waals surface area contributed by atoms with Crippen LogP contribution in [0.5, 0.6) is 11.5 Å². The molecule has 0 atom stereocenters. The Morgan fingerprint density at radius 3 is 1.78 bits per heavy atom. The van der Waals surface area contributed by atoms with Gasteiger partial charge in [-0.05, 0) is 34.2 Å². The molecular weight excluding hydrogens is 224 g/mol. The minimum absolute atomic E-state index is 0.0904. The fourth-order valence-electron chi connectivity index (χ4n) is 1.87. The summed E-state index contributed by atoms with van der Waals surface area (Å²) in [5.41, 5.74) is 3.33. The number of rotatable bonds is 1. The lowest BCUT2D eigenvalue weighted by molar-refractivity contribution is 0.404. The number of aromatic hydroxyl groups is 2. The van der Waals surface area contributed by atoms with Crippen LogP contribution in [0.15, 0.2) is 42.5 Å². The van der Waals surface area contributed by atoms with Crippen molar-refractivity contribution in [3.05, 3.63) is 48.0 Å². The molecule has 0 aliphatic carbocycles. The smallest absolute Gasteiger partial charge is 0.158 e. The van der Waals surface area contributed by atoms with Gasteiger partial charge in [-0.25, -0.2) is 0 Å². The van der Waals surface area contributed by atoms with Crippen LogP contribution in [-0.2, 0) is 5.41 Å². The highest BCUT2D eigenvalue weighted by molar-refractivity contribution is 5.67. The van der Waals surface area contributed by atoms with E-state index in [1.165, 1.54) is 11.6 Å². The molecule has 2 rings (SSSR count). The first kappa shape index (κ1) is 12.5. The van der Waals surface area contributed by atoms with Crippen LogP contribution in [0.1, 0.15) is 26.3 Å². The molecule has 0 saturated carbocycles. The Labute approximate surface area is 108 Å². The Bertz CT molecular complexity index is 548. The molecule has 0 radical (unpaired) electrons. The van der Waals surface area contributed by atoms with E-state index < -0.39 is 0 Å². The van der Waals surface area contributed by atoms with Crippen molar-refractivity contribution < 1.29 is 10.2 Å². The van der Waals surface area contributed by atoms with Gasteiger partial charge in [-0.15, -0.1) is 0 Å². The third-order valence-electron chi connectivity index (χ3n) is 3.06. The Morgan fingerprint density at radius 2 is 1.28 bits per heavy atom. The van der Waals surface area contributed by atoms with E-state index in [0.717, 1.165) is 11.1 Å². The highest BCUT2D eigenvalue weighted by atomic mass is 16.3. The normalized spacial score (nSPS) is 11.5. The van der Waals surface area contributed by atoms with Crippen LogP contribution >= 0.6 is 0 Å². The maximum absolute atomic E-state index is 9.50. The molecule has 0 amide bonds. The maximum atomic E-state index is 9.50. The first-order valence-corrected chi connectivity index (χ1v) is 6.01. The van der Waals surface area contributed by atoms with Gasteiger partial charge in [0.15, 0.2) is 11.5 Å². The molecule has 0 aliphatic rings. The molecule has 0 spiro atoms. The molecule has 2 heteroatoms. The quantitative estimate of drug-likeness (QED) is 0.740. The molecule has 0 aromatic heterocycles. The number of phenols is 2. The summed E-state index contributed by atoms with van der Waals surface area (Å²) in [7, 11) is 0. The zero-order chi connectivity index (χ0) is 13.3. The van der Waals surface area contributed by atoms with Crippen molar-refractivity contribution in [3.63, 3.8) is 0 Å². The van der Waals surface area contributed by atoms with E-state index in [0.29, 0.717) is 0 Å². The zero-order valence-electron chi connectivity index (χ0n) is 10.9. The lowest BCUT2D eigenvalue weighted by Crippen LogP contribution is -2.10. The van der Waals surface area contributed by atoms with Gasteiger partial charge < -0.3 is 10.2 Å². The summed E-state index contributed by atoms with van der Waals surface area (Å²) in [6, 6.07) is 13.1. The molecule has 0 unspecified atom stereocenters. The van der Waals surface area contributed by atoms with E-state index in [2.05, 4.69) is 32.9 Å². The van der Waals surface area contributed by atoms with Crippen molar-refractivity contribution in [1.29, 1.82) is 0 Å². The van der Waals surface area contributed by atoms with Gasteiger partial charge in [0, 0.05) is 0 Å². The van der Waals surface area contributed by atoms with E-state index in [1.807, 2.05) is 12.1 Å². The van der Waals surface area contributed by atoms with Crippen molar-refractivity contribution in [2.75, 3.05) is 0 Å². The highest BCUT2D eigenvalue weighted by Crippen LogP contribution is 2.31. The summed E-state index contributed by atoms with van der Waals surface area (Å²) in [6.45, 7) is 6.52. The van der Waals surface area contributed by atoms with Crippen LogP contribution in [0.4, 0.5) is 0 Å². The highest BCUT2D eigenvalue weighted by Gasteiger charge is 2.13. The van der Waals surface area contributed by atoms with E-state index in [4.69, 9.17) is 0 Å². The van der Waals surface area contributed by atoms with Gasteiger partial charge >= 0.3 is 0 Å². The molecule has 94 valence electrons. The third kappa shape index (κ3) is 2.48. The molecule has 0 heterocycles.